The number of carbonyl (C=O) groups is 1. The van der Waals surface area contributed by atoms with Crippen molar-refractivity contribution in [1.82, 2.24) is 0 Å². The molecule has 0 atom stereocenters. The smallest absolute Gasteiger partial charge is 0.257 e. The predicted molar refractivity (Wildman–Crippen MR) is 88.0 cm³/mol. The number of para-hydroxylation sites is 1. The summed E-state index contributed by atoms with van der Waals surface area (Å²) in [6.45, 7) is 0. The van der Waals surface area contributed by atoms with E-state index in [9.17, 15) is 4.79 Å². The Morgan fingerprint density at radius 2 is 1.89 bits per heavy atom. The van der Waals surface area contributed by atoms with Gasteiger partial charge in [0.2, 0.25) is 0 Å². The highest BCUT2D eigenvalue weighted by molar-refractivity contribution is 14.1. The minimum absolute atomic E-state index is 0.194. The van der Waals surface area contributed by atoms with Crippen molar-refractivity contribution in [3.63, 3.8) is 0 Å². The van der Waals surface area contributed by atoms with Gasteiger partial charge in [0.05, 0.1) is 21.3 Å². The van der Waals surface area contributed by atoms with Gasteiger partial charge in [-0.15, -0.1) is 0 Å². The molecular weight excluding hydrogens is 398 g/mol. The van der Waals surface area contributed by atoms with Crippen LogP contribution in [0.3, 0.4) is 0 Å². The molecule has 0 spiro atoms. The highest BCUT2D eigenvalue weighted by Crippen LogP contribution is 2.29. The largest absolute Gasteiger partial charge is 0.399 e. The summed E-state index contributed by atoms with van der Waals surface area (Å²) in [5.41, 5.74) is 7.02. The molecule has 0 heterocycles. The van der Waals surface area contributed by atoms with Crippen LogP contribution in [0.25, 0.3) is 0 Å². The van der Waals surface area contributed by atoms with Crippen LogP contribution in [0.15, 0.2) is 36.4 Å². The maximum atomic E-state index is 12.2. The van der Waals surface area contributed by atoms with Crippen LogP contribution in [0.1, 0.15) is 10.4 Å². The van der Waals surface area contributed by atoms with E-state index in [-0.39, 0.29) is 21.5 Å². The fraction of sp³-hybridized carbons (Fsp3) is 0. The first-order chi connectivity index (χ1) is 8.99. The number of nitrogens with one attached hydrogen (secondary N) is 1. The van der Waals surface area contributed by atoms with Gasteiger partial charge in [0.25, 0.3) is 5.91 Å². The lowest BCUT2D eigenvalue weighted by Gasteiger charge is -2.10. The second-order valence-electron chi connectivity index (χ2n) is 3.80. The Morgan fingerprint density at radius 1 is 1.21 bits per heavy atom. The van der Waals surface area contributed by atoms with Crippen molar-refractivity contribution in [1.29, 1.82) is 0 Å². The van der Waals surface area contributed by atoms with E-state index < -0.39 is 0 Å². The fourth-order valence-electron chi connectivity index (χ4n) is 1.53. The van der Waals surface area contributed by atoms with E-state index in [4.69, 9.17) is 28.9 Å². The minimum Gasteiger partial charge on any atom is -0.399 e. The van der Waals surface area contributed by atoms with E-state index in [1.807, 2.05) is 24.3 Å². The highest BCUT2D eigenvalue weighted by atomic mass is 127. The van der Waals surface area contributed by atoms with Crippen molar-refractivity contribution in [3.8, 4) is 0 Å². The molecule has 0 saturated heterocycles. The molecule has 2 rings (SSSR count). The van der Waals surface area contributed by atoms with Gasteiger partial charge in [0, 0.05) is 9.26 Å². The lowest BCUT2D eigenvalue weighted by Crippen LogP contribution is -2.13. The molecule has 6 heteroatoms. The van der Waals surface area contributed by atoms with Gasteiger partial charge in [-0.3, -0.25) is 4.79 Å². The van der Waals surface area contributed by atoms with E-state index in [0.717, 1.165) is 3.57 Å². The fourth-order valence-corrected chi connectivity index (χ4v) is 2.47. The molecule has 2 aromatic carbocycles. The summed E-state index contributed by atoms with van der Waals surface area (Å²) in [6, 6.07) is 10.4. The standard InChI is InChI=1S/C13H9Cl2IN2O/c14-9-6-7(17)5-8(12(9)15)13(19)18-11-4-2-1-3-10(11)16/h1-6H,17H2,(H,18,19). The van der Waals surface area contributed by atoms with Crippen molar-refractivity contribution in [2.75, 3.05) is 11.1 Å². The number of halogens is 3. The number of amides is 1. The second kappa shape index (κ2) is 5.98. The lowest BCUT2D eigenvalue weighted by atomic mass is 10.2. The zero-order valence-corrected chi connectivity index (χ0v) is 13.3. The van der Waals surface area contributed by atoms with E-state index in [1.54, 1.807) is 0 Å². The molecule has 0 aliphatic rings. The molecule has 1 amide bonds. The van der Waals surface area contributed by atoms with Gasteiger partial charge in [-0.2, -0.15) is 0 Å². The van der Waals surface area contributed by atoms with Crippen molar-refractivity contribution >= 4 is 63.1 Å². The molecule has 3 nitrogen and oxygen atoms in total. The van der Waals surface area contributed by atoms with Crippen molar-refractivity contribution in [2.45, 2.75) is 0 Å². The maximum absolute atomic E-state index is 12.2. The molecule has 0 fully saturated rings. The summed E-state index contributed by atoms with van der Waals surface area (Å²) < 4.78 is 0.930. The predicted octanol–water partition coefficient (Wildman–Crippen LogP) is 4.43. The van der Waals surface area contributed by atoms with Gasteiger partial charge >= 0.3 is 0 Å². The first kappa shape index (κ1) is 14.4. The van der Waals surface area contributed by atoms with Crippen LogP contribution >= 0.6 is 45.8 Å². The van der Waals surface area contributed by atoms with Crippen LogP contribution in [0.5, 0.6) is 0 Å². The van der Waals surface area contributed by atoms with Crippen LogP contribution in [0, 0.1) is 3.57 Å². The number of hydrogen-bond acceptors (Lipinski definition) is 2. The average molecular weight is 407 g/mol. The molecule has 3 N–H and O–H groups in total. The monoisotopic (exact) mass is 406 g/mol. The van der Waals surface area contributed by atoms with Gasteiger partial charge < -0.3 is 11.1 Å². The number of nitrogens with two attached hydrogens (primary N) is 1. The zero-order chi connectivity index (χ0) is 14.0. The van der Waals surface area contributed by atoms with Gasteiger partial charge in [0.15, 0.2) is 0 Å². The summed E-state index contributed by atoms with van der Waals surface area (Å²) in [4.78, 5) is 12.2. The quantitative estimate of drug-likeness (QED) is 0.572. The zero-order valence-electron chi connectivity index (χ0n) is 9.58. The SMILES string of the molecule is Nc1cc(Cl)c(Cl)c(C(=O)Nc2ccccc2I)c1. The number of nitrogen functional groups attached to an aromatic ring is 1. The van der Waals surface area contributed by atoms with Crippen LogP contribution in [-0.4, -0.2) is 5.91 Å². The number of anilines is 2. The van der Waals surface area contributed by atoms with Gasteiger partial charge in [-0.05, 0) is 46.9 Å². The number of carbonyl (C=O) groups excluding carboxylic acids is 1. The topological polar surface area (TPSA) is 55.1 Å². The van der Waals surface area contributed by atoms with E-state index >= 15 is 0 Å². The molecule has 0 bridgehead atoms. The Kier molecular flexibility index (Phi) is 4.54. The Bertz CT molecular complexity index is 647. The molecule has 19 heavy (non-hydrogen) atoms. The summed E-state index contributed by atoms with van der Waals surface area (Å²) >= 11 is 14.1. The molecule has 0 aromatic heterocycles. The Balaban J connectivity index is 2.33. The van der Waals surface area contributed by atoms with Crippen LogP contribution in [0.4, 0.5) is 11.4 Å². The highest BCUT2D eigenvalue weighted by Gasteiger charge is 2.15. The van der Waals surface area contributed by atoms with Crippen LogP contribution in [0.2, 0.25) is 10.0 Å². The van der Waals surface area contributed by atoms with Gasteiger partial charge in [0.1, 0.15) is 0 Å². The molecule has 0 saturated carbocycles. The van der Waals surface area contributed by atoms with Crippen molar-refractivity contribution in [2.24, 2.45) is 0 Å². The molecular formula is C13H9Cl2IN2O. The molecule has 98 valence electrons. The Morgan fingerprint density at radius 3 is 2.58 bits per heavy atom. The first-order valence-electron chi connectivity index (χ1n) is 5.29. The Hall–Kier alpha value is -0.980. The Labute approximate surface area is 134 Å². The van der Waals surface area contributed by atoms with Crippen LogP contribution < -0.4 is 11.1 Å². The van der Waals surface area contributed by atoms with E-state index in [0.29, 0.717) is 11.4 Å². The van der Waals surface area contributed by atoms with Crippen molar-refractivity contribution < 1.29 is 4.79 Å². The third-order valence-corrected chi connectivity index (χ3v) is 4.16. The lowest BCUT2D eigenvalue weighted by molar-refractivity contribution is 0.102. The van der Waals surface area contributed by atoms with Crippen LogP contribution in [-0.2, 0) is 0 Å². The number of rotatable bonds is 2. The molecule has 0 aliphatic heterocycles. The summed E-state index contributed by atoms with van der Waals surface area (Å²) in [5.74, 6) is -0.344. The molecule has 0 unspecified atom stereocenters. The molecule has 0 aliphatic carbocycles. The maximum Gasteiger partial charge on any atom is 0.257 e. The van der Waals surface area contributed by atoms with E-state index in [2.05, 4.69) is 27.9 Å². The van der Waals surface area contributed by atoms with Crippen molar-refractivity contribution in [3.05, 3.63) is 55.6 Å². The average Bonchev–Trinajstić information content (AvgIpc) is 2.36. The minimum atomic E-state index is -0.344. The summed E-state index contributed by atoms with van der Waals surface area (Å²) in [5, 5.41) is 3.23. The number of hydrogen-bond donors (Lipinski definition) is 2. The molecule has 0 radical (unpaired) electrons. The van der Waals surface area contributed by atoms with Gasteiger partial charge in [-0.25, -0.2) is 0 Å². The van der Waals surface area contributed by atoms with E-state index in [1.165, 1.54) is 12.1 Å². The second-order valence-corrected chi connectivity index (χ2v) is 5.75. The number of benzene rings is 2. The first-order valence-corrected chi connectivity index (χ1v) is 7.13. The van der Waals surface area contributed by atoms with Gasteiger partial charge in [-0.1, -0.05) is 35.3 Å². The normalized spacial score (nSPS) is 10.3. The summed E-state index contributed by atoms with van der Waals surface area (Å²) in [7, 11) is 0. The molecule has 2 aromatic rings. The summed E-state index contributed by atoms with van der Waals surface area (Å²) in [6.07, 6.45) is 0. The third-order valence-electron chi connectivity index (χ3n) is 2.42. The third kappa shape index (κ3) is 3.32.